The van der Waals surface area contributed by atoms with E-state index in [9.17, 15) is 14.4 Å². The van der Waals surface area contributed by atoms with Gasteiger partial charge in [-0.1, -0.05) is 23.7 Å². The monoisotopic (exact) mass is 374 g/mol. The minimum absolute atomic E-state index is 0.230. The molecular weight excluding hydrogens is 356 g/mol. The highest BCUT2D eigenvalue weighted by atomic mass is 35.5. The van der Waals surface area contributed by atoms with Crippen molar-refractivity contribution in [3.8, 4) is 0 Å². The fourth-order valence-electron chi connectivity index (χ4n) is 2.39. The highest BCUT2D eigenvalue weighted by Gasteiger charge is 2.13. The van der Waals surface area contributed by atoms with Crippen molar-refractivity contribution in [3.05, 3.63) is 58.1 Å². The van der Waals surface area contributed by atoms with Crippen LogP contribution in [0.5, 0.6) is 0 Å². The van der Waals surface area contributed by atoms with Crippen LogP contribution in [0.2, 0.25) is 5.02 Å². The molecule has 0 fully saturated rings. The highest BCUT2D eigenvalue weighted by Crippen LogP contribution is 2.27. The van der Waals surface area contributed by atoms with Crippen molar-refractivity contribution < 1.29 is 19.1 Å². The minimum atomic E-state index is -0.668. The van der Waals surface area contributed by atoms with Crippen molar-refractivity contribution in [1.82, 2.24) is 0 Å². The molecule has 0 heterocycles. The summed E-state index contributed by atoms with van der Waals surface area (Å²) >= 11 is 6.14. The van der Waals surface area contributed by atoms with Gasteiger partial charge < -0.3 is 15.4 Å². The van der Waals surface area contributed by atoms with Gasteiger partial charge in [-0.25, -0.2) is 4.79 Å². The maximum atomic E-state index is 12.1. The number of carbonyl (C=O) groups excluding carboxylic acids is 3. The van der Waals surface area contributed by atoms with Gasteiger partial charge in [-0.2, -0.15) is 0 Å². The zero-order valence-corrected chi connectivity index (χ0v) is 15.4. The summed E-state index contributed by atoms with van der Waals surface area (Å²) in [4.78, 5) is 35.2. The number of hydrogen-bond donors (Lipinski definition) is 2. The van der Waals surface area contributed by atoms with Crippen molar-refractivity contribution in [1.29, 1.82) is 0 Å². The molecule has 0 saturated heterocycles. The summed E-state index contributed by atoms with van der Waals surface area (Å²) in [6.07, 6.45) is 0. The second kappa shape index (κ2) is 8.49. The zero-order chi connectivity index (χ0) is 19.3. The Morgan fingerprint density at radius 1 is 1.08 bits per heavy atom. The molecule has 0 atom stereocenters. The molecule has 0 aliphatic carbocycles. The van der Waals surface area contributed by atoms with Crippen molar-refractivity contribution in [2.75, 3.05) is 17.2 Å². The average molecular weight is 375 g/mol. The molecule has 0 radical (unpaired) electrons. The van der Waals surface area contributed by atoms with Crippen LogP contribution in [-0.2, 0) is 14.3 Å². The predicted octanol–water partition coefficient (Wildman–Crippen LogP) is 3.71. The number of aryl methyl sites for hydroxylation is 2. The summed E-state index contributed by atoms with van der Waals surface area (Å²) < 4.78 is 5.02. The molecule has 6 nitrogen and oxygen atoms in total. The lowest BCUT2D eigenvalue weighted by atomic mass is 10.1. The van der Waals surface area contributed by atoms with E-state index in [-0.39, 0.29) is 11.5 Å². The van der Waals surface area contributed by atoms with E-state index in [2.05, 4.69) is 10.6 Å². The molecule has 0 spiro atoms. The fourth-order valence-corrected chi connectivity index (χ4v) is 2.76. The van der Waals surface area contributed by atoms with Gasteiger partial charge in [-0.3, -0.25) is 9.59 Å². The minimum Gasteiger partial charge on any atom is -0.452 e. The Balaban J connectivity index is 1.97. The summed E-state index contributed by atoms with van der Waals surface area (Å²) in [5, 5.41) is 5.64. The van der Waals surface area contributed by atoms with Gasteiger partial charge in [0, 0.05) is 12.6 Å². The third-order valence-corrected chi connectivity index (χ3v) is 3.75. The van der Waals surface area contributed by atoms with E-state index >= 15 is 0 Å². The number of halogens is 1. The molecule has 0 unspecified atom stereocenters. The first-order valence-electron chi connectivity index (χ1n) is 7.87. The van der Waals surface area contributed by atoms with Crippen LogP contribution in [0.3, 0.4) is 0 Å². The number of rotatable bonds is 5. The lowest BCUT2D eigenvalue weighted by Gasteiger charge is -2.12. The zero-order valence-electron chi connectivity index (χ0n) is 14.7. The number of nitrogens with one attached hydrogen (secondary N) is 2. The third-order valence-electron chi connectivity index (χ3n) is 3.45. The third kappa shape index (κ3) is 5.32. The van der Waals surface area contributed by atoms with Crippen LogP contribution < -0.4 is 10.6 Å². The molecule has 0 saturated carbocycles. The summed E-state index contributed by atoms with van der Waals surface area (Å²) in [5.74, 6) is -1.41. The quantitative estimate of drug-likeness (QED) is 0.781. The van der Waals surface area contributed by atoms with Crippen molar-refractivity contribution in [2.45, 2.75) is 20.8 Å². The highest BCUT2D eigenvalue weighted by molar-refractivity contribution is 6.34. The van der Waals surface area contributed by atoms with Crippen molar-refractivity contribution in [3.63, 3.8) is 0 Å². The molecule has 7 heteroatoms. The van der Waals surface area contributed by atoms with E-state index in [4.69, 9.17) is 16.3 Å². The fraction of sp³-hybridized carbons (Fsp3) is 0.211. The number of carbonyl (C=O) groups is 3. The first-order chi connectivity index (χ1) is 12.3. The molecule has 2 rings (SSSR count). The van der Waals surface area contributed by atoms with Crippen LogP contribution in [0.4, 0.5) is 11.4 Å². The number of hydrogen-bond acceptors (Lipinski definition) is 4. The Kier molecular flexibility index (Phi) is 6.36. The topological polar surface area (TPSA) is 84.5 Å². The second-order valence-corrected chi connectivity index (χ2v) is 6.23. The van der Waals surface area contributed by atoms with Crippen LogP contribution in [0.25, 0.3) is 0 Å². The summed E-state index contributed by atoms with van der Waals surface area (Å²) in [6, 6.07) is 9.89. The Morgan fingerprint density at radius 2 is 1.81 bits per heavy atom. The van der Waals surface area contributed by atoms with Gasteiger partial charge in [-0.15, -0.1) is 0 Å². The summed E-state index contributed by atoms with van der Waals surface area (Å²) in [5.41, 5.74) is 2.99. The van der Waals surface area contributed by atoms with Crippen molar-refractivity contribution >= 4 is 40.8 Å². The van der Waals surface area contributed by atoms with E-state index in [1.54, 1.807) is 18.2 Å². The van der Waals surface area contributed by atoms with Gasteiger partial charge in [0.05, 0.1) is 16.3 Å². The molecule has 2 aromatic carbocycles. The molecule has 2 N–H and O–H groups in total. The van der Waals surface area contributed by atoms with Crippen LogP contribution in [-0.4, -0.2) is 24.4 Å². The van der Waals surface area contributed by atoms with Crippen LogP contribution in [0.15, 0.2) is 36.4 Å². The smallest absolute Gasteiger partial charge is 0.338 e. The number of esters is 1. The number of anilines is 2. The summed E-state index contributed by atoms with van der Waals surface area (Å²) in [6.45, 7) is 4.65. The number of ether oxygens (including phenoxy) is 1. The largest absolute Gasteiger partial charge is 0.452 e. The Hall–Kier alpha value is -2.86. The normalized spacial score (nSPS) is 10.2. The van der Waals surface area contributed by atoms with Gasteiger partial charge in [0.15, 0.2) is 6.61 Å². The Labute approximate surface area is 156 Å². The Bertz CT molecular complexity index is 841. The van der Waals surface area contributed by atoms with E-state index in [1.165, 1.54) is 19.1 Å². The maximum absolute atomic E-state index is 12.1. The lowest BCUT2D eigenvalue weighted by molar-refractivity contribution is -0.119. The Morgan fingerprint density at radius 3 is 2.46 bits per heavy atom. The average Bonchev–Trinajstić information content (AvgIpc) is 2.55. The first kappa shape index (κ1) is 19.5. The molecule has 0 aliphatic heterocycles. The number of amides is 2. The van der Waals surface area contributed by atoms with Crippen LogP contribution in [0.1, 0.15) is 28.4 Å². The molecule has 0 bridgehead atoms. The van der Waals surface area contributed by atoms with E-state index in [1.807, 2.05) is 19.9 Å². The van der Waals surface area contributed by atoms with Gasteiger partial charge in [0.2, 0.25) is 5.91 Å². The molecule has 0 aliphatic rings. The second-order valence-electron chi connectivity index (χ2n) is 5.82. The molecule has 2 aromatic rings. The molecule has 2 amide bonds. The number of benzene rings is 2. The van der Waals surface area contributed by atoms with E-state index in [0.29, 0.717) is 16.4 Å². The van der Waals surface area contributed by atoms with Crippen molar-refractivity contribution in [2.24, 2.45) is 0 Å². The molecular formula is C19H19ClN2O4. The van der Waals surface area contributed by atoms with Gasteiger partial charge in [0.1, 0.15) is 0 Å². The molecule has 26 heavy (non-hydrogen) atoms. The predicted molar refractivity (Wildman–Crippen MR) is 101 cm³/mol. The molecule has 136 valence electrons. The van der Waals surface area contributed by atoms with Gasteiger partial charge in [-0.05, 0) is 49.2 Å². The van der Waals surface area contributed by atoms with E-state index in [0.717, 1.165) is 11.1 Å². The summed E-state index contributed by atoms with van der Waals surface area (Å²) in [7, 11) is 0. The first-order valence-corrected chi connectivity index (χ1v) is 8.25. The molecule has 0 aromatic heterocycles. The van der Waals surface area contributed by atoms with E-state index < -0.39 is 18.5 Å². The van der Waals surface area contributed by atoms with Gasteiger partial charge in [0.25, 0.3) is 5.91 Å². The standard InChI is InChI=1S/C19H19ClN2O4/c1-11-7-12(2)18(16(20)8-11)22-17(24)10-26-19(25)14-5-4-6-15(9-14)21-13(3)23/h4-9H,10H2,1-3H3,(H,21,23)(H,22,24). The van der Waals surface area contributed by atoms with Crippen LogP contribution in [0, 0.1) is 13.8 Å². The maximum Gasteiger partial charge on any atom is 0.338 e. The SMILES string of the molecule is CC(=O)Nc1cccc(C(=O)OCC(=O)Nc2c(C)cc(C)cc2Cl)c1. The van der Waals surface area contributed by atoms with Crippen LogP contribution >= 0.6 is 11.6 Å². The lowest BCUT2D eigenvalue weighted by Crippen LogP contribution is -2.21. The van der Waals surface area contributed by atoms with Gasteiger partial charge >= 0.3 is 5.97 Å².